The van der Waals surface area contributed by atoms with Gasteiger partial charge in [-0.1, -0.05) is 46.4 Å². The van der Waals surface area contributed by atoms with Crippen LogP contribution in [0.25, 0.3) is 0 Å². The number of fused-ring (bicyclic) bond motifs is 1. The molecule has 0 amide bonds. The molecule has 5 rings (SSSR count). The molecule has 0 bridgehead atoms. The van der Waals surface area contributed by atoms with Gasteiger partial charge in [-0.25, -0.2) is 0 Å². The second-order valence-corrected chi connectivity index (χ2v) is 11.4. The Hall–Kier alpha value is -0.960. The summed E-state index contributed by atoms with van der Waals surface area (Å²) in [4.78, 5) is 0. The van der Waals surface area contributed by atoms with Gasteiger partial charge >= 0.3 is 0 Å². The van der Waals surface area contributed by atoms with E-state index in [1.54, 1.807) is 12.1 Å². The number of rotatable bonds is 3. The van der Waals surface area contributed by atoms with Crippen molar-refractivity contribution in [2.75, 3.05) is 23.8 Å². The highest BCUT2D eigenvalue weighted by molar-refractivity contribution is 6.42. The molecule has 4 atom stereocenters. The Morgan fingerprint density at radius 1 is 0.882 bits per heavy atom. The van der Waals surface area contributed by atoms with Crippen molar-refractivity contribution in [3.05, 3.63) is 56.0 Å². The van der Waals surface area contributed by atoms with Gasteiger partial charge in [0, 0.05) is 16.9 Å². The average molecular weight is 548 g/mol. The highest BCUT2D eigenvalue weighted by Gasteiger charge is 2.62. The molecule has 0 saturated carbocycles. The largest absolute Gasteiger partial charge is 0.376 e. The summed E-state index contributed by atoms with van der Waals surface area (Å²) in [6.07, 6.45) is -0.312. The Balaban J connectivity index is 1.66. The third kappa shape index (κ3) is 4.37. The first-order valence-corrected chi connectivity index (χ1v) is 12.5. The standard InChI is InChI=1S/C24H26Cl4N2O4/c1-22(2)31-10-19(33-22)21-24(11-32-23(3,4)34-24)20(29-12-5-6-14(25)15(26)7-12)13-8-16(27)17(28)9-18(13)30-21/h5-9,19-21,29-30H,10-11H2,1-4H3/t19-,20-,21+,24-/m1/s1. The fourth-order valence-electron chi connectivity index (χ4n) is 5.00. The van der Waals surface area contributed by atoms with E-state index in [4.69, 9.17) is 65.4 Å². The summed E-state index contributed by atoms with van der Waals surface area (Å²) in [5, 5.41) is 9.03. The number of nitrogens with one attached hydrogen (secondary N) is 2. The van der Waals surface area contributed by atoms with Crippen LogP contribution in [0.2, 0.25) is 20.1 Å². The number of ether oxygens (including phenoxy) is 4. The molecule has 0 aliphatic carbocycles. The maximum atomic E-state index is 6.72. The zero-order chi connectivity index (χ0) is 24.5. The summed E-state index contributed by atoms with van der Waals surface area (Å²) in [6.45, 7) is 8.29. The van der Waals surface area contributed by atoms with Crippen LogP contribution in [0, 0.1) is 0 Å². The molecule has 2 N–H and O–H groups in total. The number of anilines is 2. The zero-order valence-electron chi connectivity index (χ0n) is 19.2. The van der Waals surface area contributed by atoms with Gasteiger partial charge in [-0.05, 0) is 58.0 Å². The molecular weight excluding hydrogens is 522 g/mol. The van der Waals surface area contributed by atoms with Gasteiger partial charge < -0.3 is 29.6 Å². The quantitative estimate of drug-likeness (QED) is 0.435. The van der Waals surface area contributed by atoms with Crippen molar-refractivity contribution < 1.29 is 18.9 Å². The predicted octanol–water partition coefficient (Wildman–Crippen LogP) is 6.92. The van der Waals surface area contributed by atoms with Crippen LogP contribution in [-0.4, -0.2) is 42.5 Å². The third-order valence-corrected chi connectivity index (χ3v) is 7.90. The van der Waals surface area contributed by atoms with Gasteiger partial charge in [0.2, 0.25) is 0 Å². The van der Waals surface area contributed by atoms with E-state index in [0.29, 0.717) is 33.3 Å². The topological polar surface area (TPSA) is 61.0 Å². The van der Waals surface area contributed by atoms with Gasteiger partial charge in [0.25, 0.3) is 0 Å². The fraction of sp³-hybridized carbons (Fsp3) is 0.500. The Bertz CT molecular complexity index is 1130. The lowest BCUT2D eigenvalue weighted by Gasteiger charge is -2.49. The fourth-order valence-corrected chi connectivity index (χ4v) is 5.63. The van der Waals surface area contributed by atoms with E-state index in [9.17, 15) is 0 Å². The lowest BCUT2D eigenvalue weighted by atomic mass is 9.76. The minimum Gasteiger partial charge on any atom is -0.376 e. The summed E-state index contributed by atoms with van der Waals surface area (Å²) in [7, 11) is 0. The molecule has 2 aromatic rings. The first-order chi connectivity index (χ1) is 15.9. The molecule has 6 nitrogen and oxygen atoms in total. The first kappa shape index (κ1) is 24.7. The average Bonchev–Trinajstić information content (AvgIpc) is 3.27. The van der Waals surface area contributed by atoms with Crippen LogP contribution in [-0.2, 0) is 18.9 Å². The van der Waals surface area contributed by atoms with Crippen LogP contribution in [0.3, 0.4) is 0 Å². The summed E-state index contributed by atoms with van der Waals surface area (Å²) < 4.78 is 25.1. The Morgan fingerprint density at radius 3 is 2.21 bits per heavy atom. The SMILES string of the molecule is CC1(C)OC[C@H]([C@@H]2Nc3cc(Cl)c(Cl)cc3[C@@H](Nc3ccc(Cl)c(Cl)c3)[C@]23COC(C)(C)O3)O1. The van der Waals surface area contributed by atoms with E-state index >= 15 is 0 Å². The monoisotopic (exact) mass is 546 g/mol. The van der Waals surface area contributed by atoms with E-state index in [0.717, 1.165) is 16.9 Å². The van der Waals surface area contributed by atoms with Crippen molar-refractivity contribution in [2.45, 2.75) is 63.1 Å². The smallest absolute Gasteiger partial charge is 0.163 e. The molecule has 0 aromatic heterocycles. The van der Waals surface area contributed by atoms with Crippen molar-refractivity contribution in [3.8, 4) is 0 Å². The van der Waals surface area contributed by atoms with E-state index in [1.165, 1.54) is 0 Å². The predicted molar refractivity (Wildman–Crippen MR) is 135 cm³/mol. The number of hydrogen-bond acceptors (Lipinski definition) is 6. The number of hydrogen-bond donors (Lipinski definition) is 2. The van der Waals surface area contributed by atoms with E-state index in [2.05, 4.69) is 10.6 Å². The van der Waals surface area contributed by atoms with Crippen LogP contribution in [0.15, 0.2) is 30.3 Å². The van der Waals surface area contributed by atoms with Crippen molar-refractivity contribution in [1.82, 2.24) is 0 Å². The lowest BCUT2D eigenvalue weighted by molar-refractivity contribution is -0.183. The molecule has 2 saturated heterocycles. The molecule has 3 aliphatic heterocycles. The lowest BCUT2D eigenvalue weighted by Crippen LogP contribution is -2.63. The molecule has 10 heteroatoms. The van der Waals surface area contributed by atoms with Crippen molar-refractivity contribution in [1.29, 1.82) is 0 Å². The summed E-state index contributed by atoms with van der Waals surface area (Å²) in [6, 6.07) is 8.35. The van der Waals surface area contributed by atoms with Crippen molar-refractivity contribution in [2.24, 2.45) is 0 Å². The van der Waals surface area contributed by atoms with Crippen molar-refractivity contribution in [3.63, 3.8) is 0 Å². The van der Waals surface area contributed by atoms with Crippen LogP contribution in [0.1, 0.15) is 39.3 Å². The van der Waals surface area contributed by atoms with Gasteiger partial charge in [0.15, 0.2) is 11.6 Å². The molecular formula is C24H26Cl4N2O4. The summed E-state index contributed by atoms with van der Waals surface area (Å²) >= 11 is 25.4. The Morgan fingerprint density at radius 2 is 1.59 bits per heavy atom. The second kappa shape index (κ2) is 8.56. The van der Waals surface area contributed by atoms with Crippen molar-refractivity contribution >= 4 is 57.8 Å². The minimum absolute atomic E-state index is 0.302. The maximum Gasteiger partial charge on any atom is 0.163 e. The zero-order valence-corrected chi connectivity index (χ0v) is 22.2. The second-order valence-electron chi connectivity index (χ2n) is 9.79. The third-order valence-electron chi connectivity index (χ3n) is 6.44. The molecule has 184 valence electrons. The van der Waals surface area contributed by atoms with E-state index in [1.807, 2.05) is 45.9 Å². The van der Waals surface area contributed by atoms with Crippen LogP contribution in [0.5, 0.6) is 0 Å². The molecule has 3 aliphatic rings. The van der Waals surface area contributed by atoms with E-state index < -0.39 is 23.2 Å². The molecule has 0 radical (unpaired) electrons. The Labute approximate surface area is 219 Å². The van der Waals surface area contributed by atoms with Crippen LogP contribution >= 0.6 is 46.4 Å². The van der Waals surface area contributed by atoms with E-state index in [-0.39, 0.29) is 12.1 Å². The van der Waals surface area contributed by atoms with Gasteiger partial charge in [-0.15, -0.1) is 0 Å². The minimum atomic E-state index is -0.881. The van der Waals surface area contributed by atoms with Gasteiger partial charge in [0.05, 0.1) is 45.4 Å². The van der Waals surface area contributed by atoms with Gasteiger partial charge in [-0.3, -0.25) is 0 Å². The molecule has 2 aromatic carbocycles. The highest BCUT2D eigenvalue weighted by Crippen LogP contribution is 2.52. The molecule has 0 unspecified atom stereocenters. The highest BCUT2D eigenvalue weighted by atomic mass is 35.5. The Kier molecular flexibility index (Phi) is 6.23. The van der Waals surface area contributed by atoms with Gasteiger partial charge in [-0.2, -0.15) is 0 Å². The number of benzene rings is 2. The normalized spacial score (nSPS) is 31.4. The first-order valence-electron chi connectivity index (χ1n) is 11.0. The summed E-state index contributed by atoms with van der Waals surface area (Å²) in [5.74, 6) is -1.53. The summed E-state index contributed by atoms with van der Waals surface area (Å²) in [5.41, 5.74) is 1.60. The van der Waals surface area contributed by atoms with Crippen LogP contribution < -0.4 is 10.6 Å². The maximum absolute atomic E-state index is 6.72. The van der Waals surface area contributed by atoms with Gasteiger partial charge in [0.1, 0.15) is 11.7 Å². The molecule has 3 heterocycles. The molecule has 1 spiro atoms. The molecule has 34 heavy (non-hydrogen) atoms. The molecule has 2 fully saturated rings. The number of halogens is 4. The van der Waals surface area contributed by atoms with Crippen LogP contribution in [0.4, 0.5) is 11.4 Å².